The van der Waals surface area contributed by atoms with E-state index in [1.54, 1.807) is 24.5 Å². The molecule has 1 amide bonds. The minimum atomic E-state index is 0.103. The molecule has 0 aliphatic rings. The van der Waals surface area contributed by atoms with Gasteiger partial charge in [-0.1, -0.05) is 12.1 Å². The summed E-state index contributed by atoms with van der Waals surface area (Å²) in [4.78, 5) is 19.4. The third-order valence-corrected chi connectivity index (χ3v) is 4.39. The van der Waals surface area contributed by atoms with E-state index in [1.807, 2.05) is 43.0 Å². The molecule has 0 fully saturated rings. The molecule has 0 saturated heterocycles. The first-order chi connectivity index (χ1) is 11.1. The summed E-state index contributed by atoms with van der Waals surface area (Å²) in [5, 5.41) is 8.84. The smallest absolute Gasteiger partial charge is 0.233 e. The van der Waals surface area contributed by atoms with Crippen molar-refractivity contribution in [2.45, 2.75) is 31.3 Å². The molecule has 0 radical (unpaired) electrons. The highest BCUT2D eigenvalue weighted by Gasteiger charge is 2.17. The number of amides is 1. The summed E-state index contributed by atoms with van der Waals surface area (Å²) in [6.45, 7) is 4.58. The van der Waals surface area contributed by atoms with Crippen molar-refractivity contribution in [2.24, 2.45) is 0 Å². The topological polar surface area (TPSA) is 57.0 Å². The van der Waals surface area contributed by atoms with Gasteiger partial charge in [0, 0.05) is 29.9 Å². The number of aromatic nitrogens is 1. The number of hydrogen-bond acceptors (Lipinski definition) is 4. The molecule has 1 aromatic carbocycles. The predicted molar refractivity (Wildman–Crippen MR) is 91.8 cm³/mol. The molecular weight excluding hydrogens is 306 g/mol. The van der Waals surface area contributed by atoms with Crippen LogP contribution in [0.1, 0.15) is 25.0 Å². The van der Waals surface area contributed by atoms with Gasteiger partial charge in [0.2, 0.25) is 5.91 Å². The maximum absolute atomic E-state index is 12.5. The molecule has 4 nitrogen and oxygen atoms in total. The summed E-state index contributed by atoms with van der Waals surface area (Å²) in [5.74, 6) is 0.504. The number of rotatable bonds is 6. The van der Waals surface area contributed by atoms with E-state index in [1.165, 1.54) is 11.8 Å². The van der Waals surface area contributed by atoms with Gasteiger partial charge in [-0.05, 0) is 43.7 Å². The van der Waals surface area contributed by atoms with Crippen molar-refractivity contribution in [2.75, 3.05) is 5.75 Å². The zero-order valence-electron chi connectivity index (χ0n) is 13.3. The maximum atomic E-state index is 12.5. The molecule has 2 aromatic rings. The van der Waals surface area contributed by atoms with Gasteiger partial charge in [0.15, 0.2) is 0 Å². The molecular formula is C18H19N3OS. The fourth-order valence-electron chi connectivity index (χ4n) is 2.10. The fourth-order valence-corrected chi connectivity index (χ4v) is 2.87. The number of pyridine rings is 1. The molecule has 0 bridgehead atoms. The van der Waals surface area contributed by atoms with E-state index in [0.717, 1.165) is 10.5 Å². The Bertz CT molecular complexity index is 678. The zero-order valence-corrected chi connectivity index (χ0v) is 14.1. The Labute approximate surface area is 141 Å². The Kier molecular flexibility index (Phi) is 6.19. The minimum absolute atomic E-state index is 0.103. The van der Waals surface area contributed by atoms with Gasteiger partial charge in [-0.25, -0.2) is 0 Å². The quantitative estimate of drug-likeness (QED) is 0.763. The lowest BCUT2D eigenvalue weighted by Gasteiger charge is -2.27. The number of nitrogens with zero attached hydrogens (tertiary/aromatic N) is 3. The summed E-state index contributed by atoms with van der Waals surface area (Å²) in [5.41, 5.74) is 1.66. The Balaban J connectivity index is 1.99. The Morgan fingerprint density at radius 2 is 1.87 bits per heavy atom. The molecule has 0 saturated carbocycles. The molecule has 0 atom stereocenters. The maximum Gasteiger partial charge on any atom is 0.233 e. The second-order valence-electron chi connectivity index (χ2n) is 5.40. The summed E-state index contributed by atoms with van der Waals surface area (Å²) in [6.07, 6.45) is 3.45. The van der Waals surface area contributed by atoms with E-state index < -0.39 is 0 Å². The normalized spacial score (nSPS) is 10.3. The van der Waals surface area contributed by atoms with E-state index in [9.17, 15) is 4.79 Å². The number of benzene rings is 1. The Hall–Kier alpha value is -2.32. The van der Waals surface area contributed by atoms with Crippen LogP contribution in [0.5, 0.6) is 0 Å². The molecule has 5 heteroatoms. The van der Waals surface area contributed by atoms with Crippen LogP contribution in [0.2, 0.25) is 0 Å². The average Bonchev–Trinajstić information content (AvgIpc) is 2.58. The molecule has 0 unspecified atom stereocenters. The Morgan fingerprint density at radius 3 is 2.43 bits per heavy atom. The molecule has 23 heavy (non-hydrogen) atoms. The number of carbonyl (C=O) groups excluding carboxylic acids is 1. The second-order valence-corrected chi connectivity index (χ2v) is 6.44. The third-order valence-electron chi connectivity index (χ3n) is 3.39. The molecule has 2 rings (SSSR count). The highest BCUT2D eigenvalue weighted by molar-refractivity contribution is 8.00. The summed E-state index contributed by atoms with van der Waals surface area (Å²) in [6, 6.07) is 13.4. The SMILES string of the molecule is CC(C)N(Cc1ccc(C#N)cc1)C(=O)CSc1ccncc1. The van der Waals surface area contributed by atoms with Crippen LogP contribution in [0.3, 0.4) is 0 Å². The van der Waals surface area contributed by atoms with Gasteiger partial charge < -0.3 is 4.90 Å². The highest BCUT2D eigenvalue weighted by atomic mass is 32.2. The first-order valence-electron chi connectivity index (χ1n) is 7.41. The van der Waals surface area contributed by atoms with E-state index in [4.69, 9.17) is 5.26 Å². The van der Waals surface area contributed by atoms with Gasteiger partial charge in [0.25, 0.3) is 0 Å². The Morgan fingerprint density at radius 1 is 1.22 bits per heavy atom. The first-order valence-corrected chi connectivity index (χ1v) is 8.40. The van der Waals surface area contributed by atoms with Crippen molar-refractivity contribution < 1.29 is 4.79 Å². The largest absolute Gasteiger partial charge is 0.335 e. The lowest BCUT2D eigenvalue weighted by molar-refractivity contribution is -0.130. The van der Waals surface area contributed by atoms with Gasteiger partial charge in [0.1, 0.15) is 0 Å². The third kappa shape index (κ3) is 5.11. The van der Waals surface area contributed by atoms with E-state index in [-0.39, 0.29) is 11.9 Å². The van der Waals surface area contributed by atoms with Crippen LogP contribution >= 0.6 is 11.8 Å². The lowest BCUT2D eigenvalue weighted by Crippen LogP contribution is -2.37. The van der Waals surface area contributed by atoms with E-state index in [2.05, 4.69) is 11.1 Å². The standard InChI is InChI=1S/C18H19N3OS/c1-14(2)21(12-16-5-3-15(11-19)4-6-16)18(22)13-23-17-7-9-20-10-8-17/h3-10,14H,12-13H2,1-2H3. The number of hydrogen-bond donors (Lipinski definition) is 0. The van der Waals surface area contributed by atoms with E-state index in [0.29, 0.717) is 17.9 Å². The van der Waals surface area contributed by atoms with Crippen molar-refractivity contribution in [3.05, 3.63) is 59.9 Å². The van der Waals surface area contributed by atoms with Crippen LogP contribution in [-0.4, -0.2) is 27.6 Å². The van der Waals surface area contributed by atoms with Gasteiger partial charge in [0.05, 0.1) is 17.4 Å². The van der Waals surface area contributed by atoms with Crippen molar-refractivity contribution >= 4 is 17.7 Å². The molecule has 0 aliphatic heterocycles. The molecule has 1 heterocycles. The average molecular weight is 325 g/mol. The molecule has 0 N–H and O–H groups in total. The van der Waals surface area contributed by atoms with Crippen LogP contribution in [0.25, 0.3) is 0 Å². The summed E-state index contributed by atoms with van der Waals surface area (Å²) < 4.78 is 0. The van der Waals surface area contributed by atoms with Crippen molar-refractivity contribution in [1.29, 1.82) is 5.26 Å². The van der Waals surface area contributed by atoms with Gasteiger partial charge in [-0.2, -0.15) is 5.26 Å². The van der Waals surface area contributed by atoms with Crippen molar-refractivity contribution in [3.8, 4) is 6.07 Å². The van der Waals surface area contributed by atoms with Crippen LogP contribution in [-0.2, 0) is 11.3 Å². The summed E-state index contributed by atoms with van der Waals surface area (Å²) >= 11 is 1.52. The van der Waals surface area contributed by atoms with Gasteiger partial charge in [-0.3, -0.25) is 9.78 Å². The predicted octanol–water partition coefficient (Wildman–Crippen LogP) is 3.48. The summed E-state index contributed by atoms with van der Waals surface area (Å²) in [7, 11) is 0. The molecule has 0 aliphatic carbocycles. The highest BCUT2D eigenvalue weighted by Crippen LogP contribution is 2.18. The monoisotopic (exact) mass is 325 g/mol. The molecule has 1 aromatic heterocycles. The molecule has 0 spiro atoms. The zero-order chi connectivity index (χ0) is 16.7. The second kappa shape index (κ2) is 8.35. The number of carbonyl (C=O) groups is 1. The van der Waals surface area contributed by atoms with Gasteiger partial charge >= 0.3 is 0 Å². The fraction of sp³-hybridized carbons (Fsp3) is 0.278. The van der Waals surface area contributed by atoms with Crippen molar-refractivity contribution in [3.63, 3.8) is 0 Å². The molecule has 118 valence electrons. The number of nitriles is 1. The van der Waals surface area contributed by atoms with Crippen LogP contribution in [0.4, 0.5) is 0 Å². The number of thioether (sulfide) groups is 1. The van der Waals surface area contributed by atoms with Crippen LogP contribution in [0.15, 0.2) is 53.7 Å². The van der Waals surface area contributed by atoms with Crippen LogP contribution in [0, 0.1) is 11.3 Å². The van der Waals surface area contributed by atoms with Gasteiger partial charge in [-0.15, -0.1) is 11.8 Å². The first kappa shape index (κ1) is 17.0. The van der Waals surface area contributed by atoms with E-state index >= 15 is 0 Å². The minimum Gasteiger partial charge on any atom is -0.335 e. The van der Waals surface area contributed by atoms with Crippen molar-refractivity contribution in [1.82, 2.24) is 9.88 Å². The van der Waals surface area contributed by atoms with Crippen LogP contribution < -0.4 is 0 Å². The lowest BCUT2D eigenvalue weighted by atomic mass is 10.1.